The van der Waals surface area contributed by atoms with E-state index in [0.29, 0.717) is 5.56 Å². The number of imide groups is 2. The lowest BCUT2D eigenvalue weighted by molar-refractivity contribution is -0.154. The maximum Gasteiger partial charge on any atom is 0.308 e. The second kappa shape index (κ2) is 8.89. The number of amides is 5. The van der Waals surface area contributed by atoms with Gasteiger partial charge in [0.15, 0.2) is 0 Å². The highest BCUT2D eigenvalue weighted by atomic mass is 16.6. The zero-order chi connectivity index (χ0) is 23.6. The lowest BCUT2D eigenvalue weighted by Gasteiger charge is -2.27. The molecule has 1 unspecified atom stereocenters. The van der Waals surface area contributed by atoms with E-state index in [1.807, 2.05) is 0 Å². The molecular weight excluding hydrogens is 418 g/mol. The molecule has 2 aliphatic heterocycles. The quantitative estimate of drug-likeness (QED) is 0.481. The van der Waals surface area contributed by atoms with Gasteiger partial charge in [0.1, 0.15) is 11.6 Å². The maximum absolute atomic E-state index is 13.0. The zero-order valence-corrected chi connectivity index (χ0v) is 18.1. The van der Waals surface area contributed by atoms with Gasteiger partial charge in [-0.15, -0.1) is 0 Å². The van der Waals surface area contributed by atoms with Crippen molar-refractivity contribution < 1.29 is 33.5 Å². The Kier molecular flexibility index (Phi) is 6.42. The number of benzene rings is 1. The summed E-state index contributed by atoms with van der Waals surface area (Å²) in [5, 5.41) is 4.74. The largest absolute Gasteiger partial charge is 0.460 e. The first-order valence-electron chi connectivity index (χ1n) is 10.3. The fourth-order valence-corrected chi connectivity index (χ4v) is 3.66. The summed E-state index contributed by atoms with van der Waals surface area (Å²) in [6, 6.07) is 3.51. The highest BCUT2D eigenvalue weighted by Crippen LogP contribution is 2.30. The van der Waals surface area contributed by atoms with E-state index in [9.17, 15) is 28.8 Å². The molecule has 1 saturated heterocycles. The normalized spacial score (nSPS) is 18.3. The minimum Gasteiger partial charge on any atom is -0.460 e. The van der Waals surface area contributed by atoms with Crippen LogP contribution in [0, 0.1) is 0 Å². The molecule has 10 heteroatoms. The molecule has 5 amide bonds. The molecule has 2 aliphatic rings. The third kappa shape index (κ3) is 5.01. The van der Waals surface area contributed by atoms with Crippen LogP contribution in [0.2, 0.25) is 0 Å². The molecule has 1 aromatic rings. The number of fused-ring (bicyclic) bond motifs is 1. The van der Waals surface area contributed by atoms with Crippen molar-refractivity contribution in [3.8, 4) is 0 Å². The van der Waals surface area contributed by atoms with Gasteiger partial charge in [-0.2, -0.15) is 0 Å². The van der Waals surface area contributed by atoms with Crippen molar-refractivity contribution in [1.29, 1.82) is 0 Å². The van der Waals surface area contributed by atoms with Crippen molar-refractivity contribution in [2.24, 2.45) is 0 Å². The second-order valence-electron chi connectivity index (χ2n) is 8.65. The van der Waals surface area contributed by atoms with E-state index in [1.165, 1.54) is 6.07 Å². The Morgan fingerprint density at radius 1 is 1.16 bits per heavy atom. The molecule has 32 heavy (non-hydrogen) atoms. The van der Waals surface area contributed by atoms with E-state index < -0.39 is 47.1 Å². The predicted molar refractivity (Wildman–Crippen MR) is 110 cm³/mol. The van der Waals surface area contributed by atoms with Crippen molar-refractivity contribution in [3.05, 3.63) is 34.9 Å². The van der Waals surface area contributed by atoms with Crippen LogP contribution in [0.1, 0.15) is 66.3 Å². The van der Waals surface area contributed by atoms with Gasteiger partial charge in [-0.3, -0.25) is 39.0 Å². The number of nitrogens with one attached hydrogen (secondary N) is 2. The molecule has 0 radical (unpaired) electrons. The number of carbonyl (C=O) groups is 6. The van der Waals surface area contributed by atoms with Gasteiger partial charge in [0.05, 0.1) is 24.0 Å². The first-order chi connectivity index (χ1) is 15.0. The molecule has 1 atom stereocenters. The van der Waals surface area contributed by atoms with Crippen LogP contribution in [0.4, 0.5) is 0 Å². The van der Waals surface area contributed by atoms with Crippen molar-refractivity contribution in [3.63, 3.8) is 0 Å². The van der Waals surface area contributed by atoms with Gasteiger partial charge in [-0.05, 0) is 38.8 Å². The monoisotopic (exact) mass is 443 g/mol. The first kappa shape index (κ1) is 23.1. The van der Waals surface area contributed by atoms with E-state index in [4.69, 9.17) is 4.74 Å². The number of esters is 1. The minimum absolute atomic E-state index is 0.00336. The van der Waals surface area contributed by atoms with Gasteiger partial charge in [0.2, 0.25) is 17.7 Å². The molecular formula is C22H25N3O7. The fraction of sp³-hybridized carbons (Fsp3) is 0.455. The number of nitrogens with zero attached hydrogens (tertiary/aromatic N) is 1. The summed E-state index contributed by atoms with van der Waals surface area (Å²) >= 11 is 0. The Balaban J connectivity index is 1.67. The number of ether oxygens (including phenoxy) is 1. The third-order valence-corrected chi connectivity index (χ3v) is 4.98. The molecule has 2 heterocycles. The van der Waals surface area contributed by atoms with Crippen LogP contribution in [0.5, 0.6) is 0 Å². The topological polar surface area (TPSA) is 139 Å². The van der Waals surface area contributed by atoms with Crippen molar-refractivity contribution in [1.82, 2.24) is 15.5 Å². The van der Waals surface area contributed by atoms with Gasteiger partial charge >= 0.3 is 5.97 Å². The van der Waals surface area contributed by atoms with Gasteiger partial charge in [0.25, 0.3) is 11.8 Å². The molecule has 3 rings (SSSR count). The van der Waals surface area contributed by atoms with Crippen LogP contribution >= 0.6 is 0 Å². The van der Waals surface area contributed by atoms with Crippen LogP contribution in [0.15, 0.2) is 18.2 Å². The summed E-state index contributed by atoms with van der Waals surface area (Å²) in [5.74, 6) is -3.33. The summed E-state index contributed by atoms with van der Waals surface area (Å²) < 4.78 is 5.18. The van der Waals surface area contributed by atoms with E-state index >= 15 is 0 Å². The smallest absolute Gasteiger partial charge is 0.308 e. The lowest BCUT2D eigenvalue weighted by atomic mass is 10.00. The molecule has 0 spiro atoms. The molecule has 10 nitrogen and oxygen atoms in total. The molecule has 2 N–H and O–H groups in total. The van der Waals surface area contributed by atoms with E-state index in [-0.39, 0.29) is 43.4 Å². The average molecular weight is 443 g/mol. The summed E-state index contributed by atoms with van der Waals surface area (Å²) in [5.41, 5.74) is -0.0962. The fourth-order valence-electron chi connectivity index (χ4n) is 3.66. The predicted octanol–water partition coefficient (Wildman–Crippen LogP) is 0.478. The molecule has 0 bridgehead atoms. The molecule has 170 valence electrons. The van der Waals surface area contributed by atoms with Crippen LogP contribution in [-0.2, 0) is 30.3 Å². The number of hydrogen-bond acceptors (Lipinski definition) is 7. The highest BCUT2D eigenvalue weighted by molar-refractivity contribution is 6.24. The lowest BCUT2D eigenvalue weighted by Crippen LogP contribution is -2.54. The van der Waals surface area contributed by atoms with Crippen molar-refractivity contribution >= 4 is 35.5 Å². The Labute approximate surface area is 184 Å². The van der Waals surface area contributed by atoms with Crippen LogP contribution < -0.4 is 10.6 Å². The maximum atomic E-state index is 13.0. The summed E-state index contributed by atoms with van der Waals surface area (Å²) in [7, 11) is 0. The molecule has 1 aromatic carbocycles. The highest BCUT2D eigenvalue weighted by Gasteiger charge is 2.45. The average Bonchev–Trinajstić information content (AvgIpc) is 2.92. The molecule has 0 aliphatic carbocycles. The van der Waals surface area contributed by atoms with Gasteiger partial charge < -0.3 is 10.1 Å². The number of hydrogen-bond donors (Lipinski definition) is 2. The number of rotatable bonds is 6. The summed E-state index contributed by atoms with van der Waals surface area (Å²) in [6.07, 6.45) is -0.107. The van der Waals surface area contributed by atoms with Crippen LogP contribution in [0.25, 0.3) is 0 Å². The second-order valence-corrected chi connectivity index (χ2v) is 8.65. The standard InChI is InChI=1S/C22H25N3O7/c1-22(2,3)32-17(28)9-10-23-16(27)11-12-5-4-6-13-18(12)21(31)25(20(13)30)14-7-8-15(26)24-19(14)29/h4-6,14H,7-11H2,1-3H3,(H,23,27)(H,24,26,29). The Hall–Kier alpha value is -3.56. The Morgan fingerprint density at radius 2 is 1.88 bits per heavy atom. The number of piperidine rings is 1. The van der Waals surface area contributed by atoms with Crippen molar-refractivity contribution in [2.45, 2.75) is 58.1 Å². The SMILES string of the molecule is CC(C)(C)OC(=O)CCNC(=O)Cc1cccc2c1C(=O)N(C1CCC(=O)NC1=O)C2=O. The molecule has 1 fully saturated rings. The van der Waals surface area contributed by atoms with Crippen molar-refractivity contribution in [2.75, 3.05) is 6.54 Å². The third-order valence-electron chi connectivity index (χ3n) is 4.98. The summed E-state index contributed by atoms with van der Waals surface area (Å²) in [4.78, 5) is 74.4. The minimum atomic E-state index is -1.07. The van der Waals surface area contributed by atoms with Gasteiger partial charge in [-0.1, -0.05) is 12.1 Å². The zero-order valence-electron chi connectivity index (χ0n) is 18.1. The summed E-state index contributed by atoms with van der Waals surface area (Å²) in [6.45, 7) is 5.31. The van der Waals surface area contributed by atoms with Crippen LogP contribution in [0.3, 0.4) is 0 Å². The Bertz CT molecular complexity index is 1010. The Morgan fingerprint density at radius 3 is 2.53 bits per heavy atom. The molecule has 0 saturated carbocycles. The van der Waals surface area contributed by atoms with Gasteiger partial charge in [-0.25, -0.2) is 0 Å². The molecule has 0 aromatic heterocycles. The van der Waals surface area contributed by atoms with E-state index in [0.717, 1.165) is 4.90 Å². The van der Waals surface area contributed by atoms with Crippen LogP contribution in [-0.4, -0.2) is 58.6 Å². The van der Waals surface area contributed by atoms with Gasteiger partial charge in [0, 0.05) is 13.0 Å². The number of carbonyl (C=O) groups excluding carboxylic acids is 6. The van der Waals surface area contributed by atoms with E-state index in [1.54, 1.807) is 32.9 Å². The first-order valence-corrected chi connectivity index (χ1v) is 10.3. The van der Waals surface area contributed by atoms with E-state index in [2.05, 4.69) is 10.6 Å².